The van der Waals surface area contributed by atoms with Gasteiger partial charge in [-0.1, -0.05) is 57.2 Å². The van der Waals surface area contributed by atoms with Crippen LogP contribution in [0.3, 0.4) is 0 Å². The van der Waals surface area contributed by atoms with Gasteiger partial charge in [0.2, 0.25) is 0 Å². The minimum atomic E-state index is -2.16. The molecule has 2 aromatic carbocycles. The summed E-state index contributed by atoms with van der Waals surface area (Å²) in [5.41, 5.74) is 7.57. The summed E-state index contributed by atoms with van der Waals surface area (Å²) < 4.78 is 4.96. The summed E-state index contributed by atoms with van der Waals surface area (Å²) in [7, 11) is 1.35. The van der Waals surface area contributed by atoms with E-state index in [1.807, 2.05) is 55.5 Å². The van der Waals surface area contributed by atoms with Crippen LogP contribution in [0.15, 0.2) is 48.5 Å². The number of benzene rings is 2. The Morgan fingerprint density at radius 3 is 2.06 bits per heavy atom. The first-order valence-electron chi connectivity index (χ1n) is 11.8. The summed E-state index contributed by atoms with van der Waals surface area (Å²) in [6.45, 7) is 6.56. The first-order chi connectivity index (χ1) is 16.9. The molecule has 4 rings (SSSR count). The Hall–Kier alpha value is -3.91. The predicted molar refractivity (Wildman–Crippen MR) is 138 cm³/mol. The largest absolute Gasteiger partial charge is 0.480 e. The first kappa shape index (κ1) is 25.2. The molecule has 8 heteroatoms. The van der Waals surface area contributed by atoms with Crippen molar-refractivity contribution >= 4 is 39.5 Å². The molecule has 1 unspecified atom stereocenters. The Bertz CT molecular complexity index is 1480. The van der Waals surface area contributed by atoms with E-state index < -0.39 is 22.7 Å². The van der Waals surface area contributed by atoms with Crippen molar-refractivity contribution in [2.24, 2.45) is 5.73 Å². The van der Waals surface area contributed by atoms with Crippen molar-refractivity contribution < 1.29 is 24.2 Å². The predicted octanol–water partition coefficient (Wildman–Crippen LogP) is 4.17. The SMILES string of the molecule is COC(=O)Cc1c(C(C)c2[nH]c3ccccc3c2C(C)(C)[C@@](N)(C(C)=O)C(=O)O)[nH]c2ccccc12. The number of carboxylic acids is 1. The van der Waals surface area contributed by atoms with Crippen LogP contribution >= 0.6 is 0 Å². The van der Waals surface area contributed by atoms with Crippen LogP contribution in [-0.4, -0.2) is 45.4 Å². The number of para-hydroxylation sites is 2. The average molecular weight is 490 g/mol. The van der Waals surface area contributed by atoms with E-state index in [0.717, 1.165) is 38.8 Å². The van der Waals surface area contributed by atoms with Crippen molar-refractivity contribution in [1.29, 1.82) is 0 Å². The molecular formula is C28H31N3O5. The van der Waals surface area contributed by atoms with E-state index >= 15 is 0 Å². The van der Waals surface area contributed by atoms with Gasteiger partial charge in [-0.3, -0.25) is 9.59 Å². The number of carboxylic acid groups (broad SMARTS) is 1. The molecule has 5 N–H and O–H groups in total. The summed E-state index contributed by atoms with van der Waals surface area (Å²) in [6, 6.07) is 15.2. The number of ether oxygens (including phenoxy) is 1. The molecule has 0 aliphatic carbocycles. The standard InChI is InChI=1S/C28H31N3O5/c1-15(24-19(14-22(33)36-5)17-10-6-8-12-20(17)30-24)25-23(18-11-7-9-13-21(18)31-25)27(3,4)28(29,16(2)32)26(34)35/h6-13,15,30-31H,14,29H2,1-5H3,(H,34,35)/t15?,28-/m1/s1. The van der Waals surface area contributed by atoms with Gasteiger partial charge >= 0.3 is 11.9 Å². The molecule has 0 aliphatic heterocycles. The number of methoxy groups -OCH3 is 1. The monoisotopic (exact) mass is 489 g/mol. The number of esters is 1. The molecule has 8 nitrogen and oxygen atoms in total. The number of Topliss-reactive ketones (excluding diaryl/α,β-unsaturated/α-hetero) is 1. The van der Waals surface area contributed by atoms with Crippen molar-refractivity contribution in [3.63, 3.8) is 0 Å². The smallest absolute Gasteiger partial charge is 0.332 e. The zero-order valence-corrected chi connectivity index (χ0v) is 21.1. The van der Waals surface area contributed by atoms with Crippen LogP contribution in [0.2, 0.25) is 0 Å². The van der Waals surface area contributed by atoms with E-state index in [0.29, 0.717) is 5.56 Å². The summed E-state index contributed by atoms with van der Waals surface area (Å²) in [6.07, 6.45) is 0.0720. The van der Waals surface area contributed by atoms with Gasteiger partial charge in [-0.2, -0.15) is 0 Å². The Labute approximate surface area is 208 Å². The van der Waals surface area contributed by atoms with Gasteiger partial charge in [-0.05, 0) is 30.2 Å². The number of carbonyl (C=O) groups is 3. The molecule has 0 fully saturated rings. The quantitative estimate of drug-likeness (QED) is 0.216. The van der Waals surface area contributed by atoms with Gasteiger partial charge in [0.1, 0.15) is 0 Å². The third-order valence-electron chi connectivity index (χ3n) is 7.50. The first-order valence-corrected chi connectivity index (χ1v) is 11.8. The van der Waals surface area contributed by atoms with Crippen LogP contribution in [0, 0.1) is 0 Å². The lowest BCUT2D eigenvalue weighted by atomic mass is 9.64. The van der Waals surface area contributed by atoms with Gasteiger partial charge in [0.05, 0.1) is 13.5 Å². The van der Waals surface area contributed by atoms with Gasteiger partial charge in [0.25, 0.3) is 0 Å². The number of fused-ring (bicyclic) bond motifs is 2. The van der Waals surface area contributed by atoms with Crippen molar-refractivity contribution in [3.05, 3.63) is 71.0 Å². The van der Waals surface area contributed by atoms with Crippen molar-refractivity contribution in [2.45, 2.75) is 51.0 Å². The van der Waals surface area contributed by atoms with E-state index in [1.165, 1.54) is 14.0 Å². The average Bonchev–Trinajstić information content (AvgIpc) is 3.42. The molecule has 4 aromatic rings. The minimum absolute atomic E-state index is 0.0720. The maximum Gasteiger partial charge on any atom is 0.332 e. The second-order valence-corrected chi connectivity index (χ2v) is 9.79. The van der Waals surface area contributed by atoms with Gasteiger partial charge < -0.3 is 25.5 Å². The van der Waals surface area contributed by atoms with E-state index in [4.69, 9.17) is 10.5 Å². The highest BCUT2D eigenvalue weighted by Crippen LogP contribution is 2.45. The summed E-state index contributed by atoms with van der Waals surface area (Å²) >= 11 is 0. The van der Waals surface area contributed by atoms with E-state index in [2.05, 4.69) is 9.97 Å². The maximum absolute atomic E-state index is 12.7. The van der Waals surface area contributed by atoms with Gasteiger partial charge in [-0.25, -0.2) is 4.79 Å². The number of ketones is 1. The van der Waals surface area contributed by atoms with Crippen molar-refractivity contribution in [1.82, 2.24) is 9.97 Å². The molecule has 0 saturated carbocycles. The Morgan fingerprint density at radius 1 is 0.972 bits per heavy atom. The van der Waals surface area contributed by atoms with E-state index in [-0.39, 0.29) is 18.3 Å². The zero-order chi connectivity index (χ0) is 26.4. The lowest BCUT2D eigenvalue weighted by molar-refractivity contribution is -0.150. The number of aromatic nitrogens is 2. The molecule has 0 radical (unpaired) electrons. The molecular weight excluding hydrogens is 458 g/mol. The number of rotatable bonds is 8. The highest BCUT2D eigenvalue weighted by atomic mass is 16.5. The number of aliphatic carboxylic acids is 1. The molecule has 0 amide bonds. The highest BCUT2D eigenvalue weighted by Gasteiger charge is 2.55. The number of carbonyl (C=O) groups excluding carboxylic acids is 2. The highest BCUT2D eigenvalue weighted by molar-refractivity contribution is 6.09. The van der Waals surface area contributed by atoms with Crippen LogP contribution in [0.1, 0.15) is 56.1 Å². The summed E-state index contributed by atoms with van der Waals surface area (Å²) in [5.74, 6) is -2.72. The second-order valence-electron chi connectivity index (χ2n) is 9.79. The second kappa shape index (κ2) is 8.95. The molecule has 188 valence electrons. The molecule has 0 saturated heterocycles. The number of hydrogen-bond acceptors (Lipinski definition) is 5. The van der Waals surface area contributed by atoms with Crippen LogP contribution in [0.5, 0.6) is 0 Å². The molecule has 0 spiro atoms. The summed E-state index contributed by atoms with van der Waals surface area (Å²) in [4.78, 5) is 44.3. The van der Waals surface area contributed by atoms with Gasteiger partial charge in [-0.15, -0.1) is 0 Å². The fraction of sp³-hybridized carbons (Fsp3) is 0.321. The van der Waals surface area contributed by atoms with Gasteiger partial charge in [0.15, 0.2) is 11.3 Å². The summed E-state index contributed by atoms with van der Waals surface area (Å²) in [5, 5.41) is 11.8. The number of aromatic amines is 2. The van der Waals surface area contributed by atoms with Crippen LogP contribution in [-0.2, 0) is 31.0 Å². The topological polar surface area (TPSA) is 138 Å². The van der Waals surface area contributed by atoms with E-state index in [9.17, 15) is 19.5 Å². The number of nitrogens with one attached hydrogen (secondary N) is 2. The Balaban J connectivity index is 2.01. The maximum atomic E-state index is 12.7. The lowest BCUT2D eigenvalue weighted by Gasteiger charge is -2.40. The normalized spacial score (nSPS) is 14.5. The van der Waals surface area contributed by atoms with Crippen LogP contribution in [0.4, 0.5) is 0 Å². The molecule has 2 aromatic heterocycles. The van der Waals surface area contributed by atoms with E-state index in [1.54, 1.807) is 13.8 Å². The molecule has 2 heterocycles. The number of H-pyrrole nitrogens is 2. The Morgan fingerprint density at radius 2 is 1.50 bits per heavy atom. The number of nitrogens with two attached hydrogens (primary N) is 1. The fourth-order valence-electron chi connectivity index (χ4n) is 5.36. The fourth-order valence-corrected chi connectivity index (χ4v) is 5.36. The zero-order valence-electron chi connectivity index (χ0n) is 21.1. The third-order valence-corrected chi connectivity index (χ3v) is 7.50. The Kier molecular flexibility index (Phi) is 6.26. The van der Waals surface area contributed by atoms with Crippen LogP contribution < -0.4 is 5.73 Å². The lowest BCUT2D eigenvalue weighted by Crippen LogP contribution is -2.65. The molecule has 0 bridgehead atoms. The van der Waals surface area contributed by atoms with Crippen molar-refractivity contribution in [2.75, 3.05) is 7.11 Å². The number of hydrogen-bond donors (Lipinski definition) is 4. The molecule has 2 atom stereocenters. The van der Waals surface area contributed by atoms with Crippen LogP contribution in [0.25, 0.3) is 21.8 Å². The van der Waals surface area contributed by atoms with Crippen molar-refractivity contribution in [3.8, 4) is 0 Å². The third kappa shape index (κ3) is 3.69. The molecule has 0 aliphatic rings. The molecule has 36 heavy (non-hydrogen) atoms. The minimum Gasteiger partial charge on any atom is -0.480 e. The van der Waals surface area contributed by atoms with Gasteiger partial charge in [0, 0.05) is 44.5 Å².